The van der Waals surface area contributed by atoms with Gasteiger partial charge in [-0.25, -0.2) is 0 Å². The van der Waals surface area contributed by atoms with Crippen molar-refractivity contribution in [3.63, 3.8) is 0 Å². The first kappa shape index (κ1) is 14.2. The second kappa shape index (κ2) is 5.53. The van der Waals surface area contributed by atoms with Gasteiger partial charge in [-0.2, -0.15) is 0 Å². The molecule has 108 valence electrons. The molecule has 0 amide bonds. The van der Waals surface area contributed by atoms with Crippen molar-refractivity contribution in [3.05, 3.63) is 52.9 Å². The highest BCUT2D eigenvalue weighted by molar-refractivity contribution is 7.19. The van der Waals surface area contributed by atoms with Crippen LogP contribution in [0.1, 0.15) is 30.2 Å². The number of hydrogen-bond donors (Lipinski definition) is 0. The lowest BCUT2D eigenvalue weighted by molar-refractivity contribution is 0.415. The molecule has 0 unspecified atom stereocenters. The number of ether oxygens (including phenoxy) is 1. The third-order valence-corrected chi connectivity index (χ3v) is 5.00. The molecule has 1 aromatic heterocycles. The molecule has 3 aromatic rings. The normalized spacial score (nSPS) is 11.3. The van der Waals surface area contributed by atoms with Gasteiger partial charge >= 0.3 is 0 Å². The van der Waals surface area contributed by atoms with Crippen molar-refractivity contribution in [2.45, 2.75) is 26.7 Å². The highest BCUT2D eigenvalue weighted by Gasteiger charge is 2.12. The maximum Gasteiger partial charge on any atom is 0.118 e. The molecule has 2 aromatic carbocycles. The Hall–Kier alpha value is -1.80. The van der Waals surface area contributed by atoms with Crippen LogP contribution in [0.3, 0.4) is 0 Å². The van der Waals surface area contributed by atoms with Gasteiger partial charge < -0.3 is 4.74 Å². The van der Waals surface area contributed by atoms with E-state index < -0.39 is 0 Å². The zero-order valence-electron chi connectivity index (χ0n) is 12.9. The Morgan fingerprint density at radius 2 is 1.62 bits per heavy atom. The van der Waals surface area contributed by atoms with Gasteiger partial charge in [-0.15, -0.1) is 11.3 Å². The Bertz CT molecular complexity index is 766. The van der Waals surface area contributed by atoms with Gasteiger partial charge in [-0.05, 0) is 53.1 Å². The van der Waals surface area contributed by atoms with Crippen molar-refractivity contribution < 1.29 is 4.74 Å². The van der Waals surface area contributed by atoms with Crippen LogP contribution in [0.2, 0.25) is 0 Å². The van der Waals surface area contributed by atoms with E-state index in [4.69, 9.17) is 4.74 Å². The van der Waals surface area contributed by atoms with Crippen molar-refractivity contribution in [1.29, 1.82) is 0 Å². The van der Waals surface area contributed by atoms with Crippen LogP contribution in [0.5, 0.6) is 5.75 Å². The van der Waals surface area contributed by atoms with Crippen molar-refractivity contribution in [2.24, 2.45) is 0 Å². The van der Waals surface area contributed by atoms with E-state index in [9.17, 15) is 0 Å². The van der Waals surface area contributed by atoms with Gasteiger partial charge in [-0.1, -0.05) is 38.1 Å². The summed E-state index contributed by atoms with van der Waals surface area (Å²) < 4.78 is 6.60. The molecule has 0 aliphatic carbocycles. The third-order valence-electron chi connectivity index (χ3n) is 3.91. The smallest absolute Gasteiger partial charge is 0.118 e. The summed E-state index contributed by atoms with van der Waals surface area (Å²) in [5.41, 5.74) is 3.99. The molecule has 2 heteroatoms. The van der Waals surface area contributed by atoms with E-state index in [0.29, 0.717) is 5.92 Å². The monoisotopic (exact) mass is 296 g/mol. The summed E-state index contributed by atoms with van der Waals surface area (Å²) >= 11 is 1.90. The van der Waals surface area contributed by atoms with E-state index in [0.717, 1.165) is 5.75 Å². The van der Waals surface area contributed by atoms with E-state index in [2.05, 4.69) is 51.1 Å². The van der Waals surface area contributed by atoms with E-state index in [-0.39, 0.29) is 0 Å². The Morgan fingerprint density at radius 1 is 0.952 bits per heavy atom. The average molecular weight is 296 g/mol. The van der Waals surface area contributed by atoms with Gasteiger partial charge in [0, 0.05) is 9.58 Å². The van der Waals surface area contributed by atoms with Crippen molar-refractivity contribution >= 4 is 21.4 Å². The molecule has 0 spiro atoms. The second-order valence-corrected chi connectivity index (χ2v) is 6.92. The van der Waals surface area contributed by atoms with E-state index in [1.54, 1.807) is 7.11 Å². The molecule has 0 radical (unpaired) electrons. The number of rotatable bonds is 3. The summed E-state index contributed by atoms with van der Waals surface area (Å²) in [6, 6.07) is 15.1. The first-order chi connectivity index (χ1) is 10.1. The van der Waals surface area contributed by atoms with Gasteiger partial charge in [0.15, 0.2) is 0 Å². The third kappa shape index (κ3) is 2.56. The van der Waals surface area contributed by atoms with Crippen molar-refractivity contribution in [3.8, 4) is 16.9 Å². The zero-order valence-corrected chi connectivity index (χ0v) is 13.8. The Kier molecular flexibility index (Phi) is 3.73. The highest BCUT2D eigenvalue weighted by atomic mass is 32.1. The summed E-state index contributed by atoms with van der Waals surface area (Å²) in [4.78, 5) is 1.44. The average Bonchev–Trinajstić information content (AvgIpc) is 2.82. The lowest BCUT2D eigenvalue weighted by atomic mass is 9.98. The second-order valence-electron chi connectivity index (χ2n) is 5.67. The van der Waals surface area contributed by atoms with Gasteiger partial charge in [-0.3, -0.25) is 0 Å². The van der Waals surface area contributed by atoms with Crippen LogP contribution in [-0.4, -0.2) is 7.11 Å². The molecule has 1 heterocycles. The fourth-order valence-corrected chi connectivity index (χ4v) is 4.18. The first-order valence-corrected chi connectivity index (χ1v) is 8.09. The quantitative estimate of drug-likeness (QED) is 0.575. The number of benzene rings is 2. The summed E-state index contributed by atoms with van der Waals surface area (Å²) in [5, 5.41) is 1.41. The minimum absolute atomic E-state index is 0.575. The molecule has 0 N–H and O–H groups in total. The fraction of sp³-hybridized carbons (Fsp3) is 0.263. The Balaban J connectivity index is 2.08. The van der Waals surface area contributed by atoms with Crippen LogP contribution in [0.4, 0.5) is 0 Å². The molecule has 21 heavy (non-hydrogen) atoms. The van der Waals surface area contributed by atoms with Crippen LogP contribution in [0, 0.1) is 6.92 Å². The standard InChI is InChI=1S/C19H20OS/c1-12(2)19-13(3)21-18-11-15(7-10-17(18)19)14-5-8-16(20-4)9-6-14/h5-12H,1-4H3. The predicted molar refractivity (Wildman–Crippen MR) is 92.6 cm³/mol. The summed E-state index contributed by atoms with van der Waals surface area (Å²) in [6.45, 7) is 6.77. The van der Waals surface area contributed by atoms with Crippen LogP contribution in [0.25, 0.3) is 21.2 Å². The fourth-order valence-electron chi connectivity index (χ4n) is 2.92. The largest absolute Gasteiger partial charge is 0.497 e. The van der Waals surface area contributed by atoms with Crippen LogP contribution in [-0.2, 0) is 0 Å². The van der Waals surface area contributed by atoms with Crippen LogP contribution in [0.15, 0.2) is 42.5 Å². The summed E-state index contributed by atoms with van der Waals surface area (Å²) in [5.74, 6) is 1.47. The van der Waals surface area contributed by atoms with Gasteiger partial charge in [0.05, 0.1) is 7.11 Å². The van der Waals surface area contributed by atoms with Crippen molar-refractivity contribution in [1.82, 2.24) is 0 Å². The molecule has 0 fully saturated rings. The zero-order chi connectivity index (χ0) is 15.0. The molecule has 0 bridgehead atoms. The molecular weight excluding hydrogens is 276 g/mol. The van der Waals surface area contributed by atoms with Gasteiger partial charge in [0.25, 0.3) is 0 Å². The Morgan fingerprint density at radius 3 is 2.24 bits per heavy atom. The van der Waals surface area contributed by atoms with Gasteiger partial charge in [0.2, 0.25) is 0 Å². The van der Waals surface area contributed by atoms with Crippen molar-refractivity contribution in [2.75, 3.05) is 7.11 Å². The summed E-state index contributed by atoms with van der Waals surface area (Å²) in [6.07, 6.45) is 0. The van der Waals surface area contributed by atoms with E-state index in [1.165, 1.54) is 31.7 Å². The maximum atomic E-state index is 5.22. The Labute approximate surface area is 130 Å². The number of aryl methyl sites for hydroxylation is 1. The van der Waals surface area contributed by atoms with Crippen LogP contribution < -0.4 is 4.74 Å². The predicted octanol–water partition coefficient (Wildman–Crippen LogP) is 6.01. The molecule has 0 atom stereocenters. The van der Waals surface area contributed by atoms with Gasteiger partial charge in [0.1, 0.15) is 5.75 Å². The SMILES string of the molecule is COc1ccc(-c2ccc3c(C(C)C)c(C)sc3c2)cc1. The number of methoxy groups -OCH3 is 1. The topological polar surface area (TPSA) is 9.23 Å². The minimum Gasteiger partial charge on any atom is -0.497 e. The molecular formula is C19H20OS. The van der Waals surface area contributed by atoms with E-state index in [1.807, 2.05) is 23.5 Å². The number of thiophene rings is 1. The number of hydrogen-bond acceptors (Lipinski definition) is 2. The molecule has 0 aliphatic heterocycles. The molecule has 0 saturated heterocycles. The maximum absolute atomic E-state index is 5.22. The molecule has 1 nitrogen and oxygen atoms in total. The lowest BCUT2D eigenvalue weighted by Gasteiger charge is -2.07. The lowest BCUT2D eigenvalue weighted by Crippen LogP contribution is -1.87. The first-order valence-electron chi connectivity index (χ1n) is 7.27. The number of fused-ring (bicyclic) bond motifs is 1. The van der Waals surface area contributed by atoms with Crippen LogP contribution >= 0.6 is 11.3 Å². The van der Waals surface area contributed by atoms with E-state index >= 15 is 0 Å². The molecule has 0 aliphatic rings. The highest BCUT2D eigenvalue weighted by Crippen LogP contribution is 2.37. The minimum atomic E-state index is 0.575. The summed E-state index contributed by atoms with van der Waals surface area (Å²) in [7, 11) is 1.70. The molecule has 3 rings (SSSR count). The molecule has 0 saturated carbocycles.